The first-order valence-electron chi connectivity index (χ1n) is 8.45. The van der Waals surface area contributed by atoms with Crippen LogP contribution < -0.4 is 16.0 Å². The zero-order valence-electron chi connectivity index (χ0n) is 14.8. The van der Waals surface area contributed by atoms with E-state index in [1.165, 1.54) is 17.3 Å². The van der Waals surface area contributed by atoms with Gasteiger partial charge in [-0.1, -0.05) is 30.3 Å². The average Bonchev–Trinajstić information content (AvgIpc) is 3.23. The lowest BCUT2D eigenvalue weighted by Gasteiger charge is -2.13. The molecule has 0 bridgehead atoms. The van der Waals surface area contributed by atoms with Gasteiger partial charge in [0.1, 0.15) is 18.7 Å². The van der Waals surface area contributed by atoms with Crippen molar-refractivity contribution in [1.29, 1.82) is 0 Å². The van der Waals surface area contributed by atoms with Gasteiger partial charge in [0.2, 0.25) is 5.91 Å². The van der Waals surface area contributed by atoms with Gasteiger partial charge in [0.25, 0.3) is 0 Å². The monoisotopic (exact) mass is 364 g/mol. The first-order valence-corrected chi connectivity index (χ1v) is 8.45. The largest absolute Gasteiger partial charge is 0.334 e. The van der Waals surface area contributed by atoms with Crippen LogP contribution in [-0.2, 0) is 11.3 Å². The van der Waals surface area contributed by atoms with Crippen molar-refractivity contribution in [2.75, 3.05) is 10.6 Å². The van der Waals surface area contributed by atoms with E-state index in [9.17, 15) is 9.59 Å². The summed E-state index contributed by atoms with van der Waals surface area (Å²) >= 11 is 0. The summed E-state index contributed by atoms with van der Waals surface area (Å²) in [5.41, 5.74) is 2.28. The minimum Gasteiger partial charge on any atom is -0.334 e. The summed E-state index contributed by atoms with van der Waals surface area (Å²) in [7, 11) is 0. The van der Waals surface area contributed by atoms with Crippen molar-refractivity contribution in [3.8, 4) is 0 Å². The lowest BCUT2D eigenvalue weighted by molar-refractivity contribution is -0.119. The standard InChI is InChI=1S/C19H20N6O2/c1-14(25-13-20-12-22-25)18(26)23-16-7-9-17(10-8-16)24-19(27)21-11-15-5-3-2-4-6-15/h2-10,12-14H,11H2,1H3,(H,23,26)(H2,21,24,27)/t14-/m0/s1. The van der Waals surface area contributed by atoms with E-state index in [-0.39, 0.29) is 11.9 Å². The van der Waals surface area contributed by atoms with Crippen molar-refractivity contribution in [3.63, 3.8) is 0 Å². The van der Waals surface area contributed by atoms with E-state index in [0.717, 1.165) is 5.56 Å². The average molecular weight is 364 g/mol. The Labute approximate surface area is 156 Å². The Hall–Kier alpha value is -3.68. The molecule has 1 aromatic heterocycles. The van der Waals surface area contributed by atoms with E-state index in [1.807, 2.05) is 30.3 Å². The SMILES string of the molecule is C[C@@H](C(=O)Nc1ccc(NC(=O)NCc2ccccc2)cc1)n1cncn1. The van der Waals surface area contributed by atoms with Gasteiger partial charge >= 0.3 is 6.03 Å². The molecule has 8 heteroatoms. The second-order valence-electron chi connectivity index (χ2n) is 5.91. The zero-order valence-corrected chi connectivity index (χ0v) is 14.8. The molecule has 2 aromatic carbocycles. The Morgan fingerprint density at radius 3 is 2.30 bits per heavy atom. The maximum absolute atomic E-state index is 12.2. The van der Waals surface area contributed by atoms with Gasteiger partial charge in [-0.05, 0) is 36.8 Å². The van der Waals surface area contributed by atoms with Crippen molar-refractivity contribution in [1.82, 2.24) is 20.1 Å². The van der Waals surface area contributed by atoms with Crippen molar-refractivity contribution in [2.45, 2.75) is 19.5 Å². The van der Waals surface area contributed by atoms with Crippen LogP contribution in [0.1, 0.15) is 18.5 Å². The van der Waals surface area contributed by atoms with E-state index in [4.69, 9.17) is 0 Å². The minimum atomic E-state index is -0.478. The fraction of sp³-hybridized carbons (Fsp3) is 0.158. The molecule has 0 spiro atoms. The summed E-state index contributed by atoms with van der Waals surface area (Å²) in [6.07, 6.45) is 2.87. The Morgan fingerprint density at radius 2 is 1.67 bits per heavy atom. The fourth-order valence-corrected chi connectivity index (χ4v) is 2.37. The predicted molar refractivity (Wildman–Crippen MR) is 102 cm³/mol. The highest BCUT2D eigenvalue weighted by Gasteiger charge is 2.15. The van der Waals surface area contributed by atoms with Gasteiger partial charge in [-0.3, -0.25) is 4.79 Å². The quantitative estimate of drug-likeness (QED) is 0.626. The van der Waals surface area contributed by atoms with Gasteiger partial charge < -0.3 is 16.0 Å². The Morgan fingerprint density at radius 1 is 1.00 bits per heavy atom. The summed E-state index contributed by atoms with van der Waals surface area (Å²) < 4.78 is 1.47. The Balaban J connectivity index is 1.49. The third kappa shape index (κ3) is 5.15. The number of rotatable bonds is 6. The smallest absolute Gasteiger partial charge is 0.319 e. The molecule has 0 aliphatic rings. The number of carbonyl (C=O) groups is 2. The van der Waals surface area contributed by atoms with Crippen LogP contribution in [0, 0.1) is 0 Å². The molecule has 1 heterocycles. The van der Waals surface area contributed by atoms with Crippen LogP contribution >= 0.6 is 0 Å². The van der Waals surface area contributed by atoms with E-state index < -0.39 is 6.04 Å². The molecular formula is C19H20N6O2. The number of nitrogens with zero attached hydrogens (tertiary/aromatic N) is 3. The van der Waals surface area contributed by atoms with Gasteiger partial charge in [0.15, 0.2) is 0 Å². The molecule has 0 aliphatic heterocycles. The van der Waals surface area contributed by atoms with Gasteiger partial charge in [-0.25, -0.2) is 14.5 Å². The van der Waals surface area contributed by atoms with Crippen molar-refractivity contribution in [3.05, 3.63) is 72.8 Å². The highest BCUT2D eigenvalue weighted by molar-refractivity contribution is 5.94. The molecule has 0 saturated heterocycles. The van der Waals surface area contributed by atoms with E-state index in [0.29, 0.717) is 17.9 Å². The van der Waals surface area contributed by atoms with Crippen LogP contribution in [0.2, 0.25) is 0 Å². The molecule has 3 rings (SSSR count). The van der Waals surface area contributed by atoms with Crippen LogP contribution in [0.15, 0.2) is 67.3 Å². The number of urea groups is 1. The van der Waals surface area contributed by atoms with E-state index in [2.05, 4.69) is 26.0 Å². The molecule has 0 aliphatic carbocycles. The fourth-order valence-electron chi connectivity index (χ4n) is 2.37. The minimum absolute atomic E-state index is 0.207. The lowest BCUT2D eigenvalue weighted by atomic mass is 10.2. The van der Waals surface area contributed by atoms with Crippen molar-refractivity contribution < 1.29 is 9.59 Å². The number of anilines is 2. The van der Waals surface area contributed by atoms with Gasteiger partial charge in [0, 0.05) is 17.9 Å². The van der Waals surface area contributed by atoms with Crippen LogP contribution in [0.5, 0.6) is 0 Å². The second kappa shape index (κ2) is 8.61. The maximum atomic E-state index is 12.2. The number of aromatic nitrogens is 3. The molecule has 138 valence electrons. The van der Waals surface area contributed by atoms with Gasteiger partial charge in [-0.2, -0.15) is 5.10 Å². The molecule has 1 atom stereocenters. The number of carbonyl (C=O) groups excluding carboxylic acids is 2. The summed E-state index contributed by atoms with van der Waals surface area (Å²) in [4.78, 5) is 28.0. The number of hydrogen-bond acceptors (Lipinski definition) is 4. The first kappa shape index (κ1) is 18.1. The van der Waals surface area contributed by atoms with E-state index >= 15 is 0 Å². The van der Waals surface area contributed by atoms with Crippen LogP contribution in [0.25, 0.3) is 0 Å². The summed E-state index contributed by atoms with van der Waals surface area (Å²) in [6.45, 7) is 2.18. The normalized spacial score (nSPS) is 11.4. The Kier molecular flexibility index (Phi) is 5.78. The molecule has 3 aromatic rings. The topological polar surface area (TPSA) is 101 Å². The lowest BCUT2D eigenvalue weighted by Crippen LogP contribution is -2.28. The molecule has 3 N–H and O–H groups in total. The van der Waals surface area contributed by atoms with Gasteiger partial charge in [0.05, 0.1) is 0 Å². The van der Waals surface area contributed by atoms with Crippen molar-refractivity contribution >= 4 is 23.3 Å². The van der Waals surface area contributed by atoms with Gasteiger partial charge in [-0.15, -0.1) is 0 Å². The Bertz CT molecular complexity index is 878. The highest BCUT2D eigenvalue weighted by atomic mass is 16.2. The summed E-state index contributed by atoms with van der Waals surface area (Å²) in [6, 6.07) is 15.8. The van der Waals surface area contributed by atoms with Crippen LogP contribution in [-0.4, -0.2) is 26.7 Å². The number of hydrogen-bond donors (Lipinski definition) is 3. The number of amides is 3. The maximum Gasteiger partial charge on any atom is 0.319 e. The molecule has 0 radical (unpaired) electrons. The van der Waals surface area contributed by atoms with E-state index in [1.54, 1.807) is 31.2 Å². The summed E-state index contributed by atoms with van der Waals surface area (Å²) in [5.74, 6) is -0.207. The predicted octanol–water partition coefficient (Wildman–Crippen LogP) is 2.80. The third-order valence-electron chi connectivity index (χ3n) is 3.92. The molecule has 8 nitrogen and oxygen atoms in total. The molecule has 27 heavy (non-hydrogen) atoms. The highest BCUT2D eigenvalue weighted by Crippen LogP contribution is 2.15. The molecule has 3 amide bonds. The van der Waals surface area contributed by atoms with Crippen LogP contribution in [0.4, 0.5) is 16.2 Å². The molecule has 0 fully saturated rings. The van der Waals surface area contributed by atoms with Crippen molar-refractivity contribution in [2.24, 2.45) is 0 Å². The molecule has 0 unspecified atom stereocenters. The summed E-state index contributed by atoms with van der Waals surface area (Å²) in [5, 5.41) is 12.3. The molecular weight excluding hydrogens is 344 g/mol. The first-order chi connectivity index (χ1) is 13.1. The number of benzene rings is 2. The zero-order chi connectivity index (χ0) is 19.1. The second-order valence-corrected chi connectivity index (χ2v) is 5.91. The molecule has 0 saturated carbocycles. The van der Waals surface area contributed by atoms with Crippen LogP contribution in [0.3, 0.4) is 0 Å². The third-order valence-corrected chi connectivity index (χ3v) is 3.92. The number of nitrogens with one attached hydrogen (secondary N) is 3.